The van der Waals surface area contributed by atoms with Gasteiger partial charge in [-0.3, -0.25) is 4.99 Å². The zero-order valence-electron chi connectivity index (χ0n) is 20.0. The van der Waals surface area contributed by atoms with Gasteiger partial charge >= 0.3 is 0 Å². The highest BCUT2D eigenvalue weighted by atomic mass is 15.4. The summed E-state index contributed by atoms with van der Waals surface area (Å²) in [7, 11) is 0. The number of nitrogens with one attached hydrogen (secondary N) is 1. The van der Waals surface area contributed by atoms with Gasteiger partial charge in [0.25, 0.3) is 0 Å². The van der Waals surface area contributed by atoms with E-state index in [0.717, 1.165) is 35.5 Å². The molecule has 8 aliphatic carbocycles. The normalized spacial score (nSPS) is 48.8. The Hall–Kier alpha value is -0.730. The lowest BCUT2D eigenvalue weighted by Gasteiger charge is -2.69. The molecule has 8 bridgehead atoms. The number of hydrogen-bond acceptors (Lipinski definition) is 1. The number of hydrogen-bond donors (Lipinski definition) is 1. The minimum atomic E-state index is 0.358. The lowest BCUT2D eigenvalue weighted by atomic mass is 9.48. The Labute approximate surface area is 184 Å². The van der Waals surface area contributed by atoms with Gasteiger partial charge in [-0.05, 0) is 140 Å². The highest BCUT2D eigenvalue weighted by Crippen LogP contribution is 2.64. The van der Waals surface area contributed by atoms with Crippen LogP contribution in [0.1, 0.15) is 105 Å². The average Bonchev–Trinajstić information content (AvgIpc) is 2.57. The lowest BCUT2D eigenvalue weighted by molar-refractivity contribution is -0.147. The van der Waals surface area contributed by atoms with E-state index in [1.54, 1.807) is 0 Å². The van der Waals surface area contributed by atoms with Crippen LogP contribution in [-0.2, 0) is 0 Å². The van der Waals surface area contributed by atoms with Crippen molar-refractivity contribution in [2.75, 3.05) is 0 Å². The van der Waals surface area contributed by atoms with Gasteiger partial charge in [0.15, 0.2) is 5.96 Å². The van der Waals surface area contributed by atoms with E-state index in [-0.39, 0.29) is 0 Å². The molecular weight excluding hydrogens is 366 g/mol. The Morgan fingerprint density at radius 2 is 1.00 bits per heavy atom. The second-order valence-electron chi connectivity index (χ2n) is 13.5. The summed E-state index contributed by atoms with van der Waals surface area (Å²) in [6, 6.07) is 0.810. The first-order valence-corrected chi connectivity index (χ1v) is 13.5. The predicted molar refractivity (Wildman–Crippen MR) is 124 cm³/mol. The molecule has 8 fully saturated rings. The second kappa shape index (κ2) is 6.88. The van der Waals surface area contributed by atoms with Crippen molar-refractivity contribution in [1.29, 1.82) is 0 Å². The van der Waals surface area contributed by atoms with Crippen LogP contribution in [0.4, 0.5) is 0 Å². The fraction of sp³-hybridized carbons (Fsp3) is 0.963. The first-order valence-electron chi connectivity index (χ1n) is 13.5. The van der Waals surface area contributed by atoms with Crippen LogP contribution < -0.4 is 5.32 Å². The Morgan fingerprint density at radius 1 is 0.667 bits per heavy atom. The van der Waals surface area contributed by atoms with E-state index in [4.69, 9.17) is 4.99 Å². The first-order chi connectivity index (χ1) is 14.3. The van der Waals surface area contributed by atoms with Crippen molar-refractivity contribution in [3.8, 4) is 0 Å². The SMILES string of the molecule is CC(C)N=C(NC(C)C)N(C12CC3CC(CC(C3)C1)C2)C12CC3CC(CC(C3)C1)C2. The number of rotatable bonds is 4. The zero-order valence-corrected chi connectivity index (χ0v) is 20.0. The van der Waals surface area contributed by atoms with Crippen molar-refractivity contribution < 1.29 is 0 Å². The maximum Gasteiger partial charge on any atom is 0.195 e. The third-order valence-corrected chi connectivity index (χ3v) is 9.97. The van der Waals surface area contributed by atoms with Crippen molar-refractivity contribution in [1.82, 2.24) is 10.2 Å². The predicted octanol–water partition coefficient (Wildman–Crippen LogP) is 5.99. The summed E-state index contributed by atoms with van der Waals surface area (Å²) in [6.45, 7) is 9.18. The highest BCUT2D eigenvalue weighted by molar-refractivity contribution is 5.82. The summed E-state index contributed by atoms with van der Waals surface area (Å²) < 4.78 is 0. The van der Waals surface area contributed by atoms with Crippen molar-refractivity contribution in [3.63, 3.8) is 0 Å². The van der Waals surface area contributed by atoms with E-state index < -0.39 is 0 Å². The quantitative estimate of drug-likeness (QED) is 0.454. The van der Waals surface area contributed by atoms with Crippen LogP contribution in [0.2, 0.25) is 0 Å². The van der Waals surface area contributed by atoms with Crippen molar-refractivity contribution in [3.05, 3.63) is 0 Å². The van der Waals surface area contributed by atoms with Gasteiger partial charge < -0.3 is 10.2 Å². The van der Waals surface area contributed by atoms with Gasteiger partial charge in [-0.1, -0.05) is 0 Å². The lowest BCUT2D eigenvalue weighted by Crippen LogP contribution is -2.73. The Bertz CT molecular complexity index is 590. The summed E-state index contributed by atoms with van der Waals surface area (Å²) in [5, 5.41) is 3.94. The highest BCUT2D eigenvalue weighted by Gasteiger charge is 2.62. The minimum Gasteiger partial charge on any atom is -0.354 e. The molecule has 0 spiro atoms. The zero-order chi connectivity index (χ0) is 20.7. The van der Waals surface area contributed by atoms with Gasteiger partial charge in [0.2, 0.25) is 0 Å². The summed E-state index contributed by atoms with van der Waals surface area (Å²) in [4.78, 5) is 8.44. The van der Waals surface area contributed by atoms with Crippen LogP contribution in [0.25, 0.3) is 0 Å². The third kappa shape index (κ3) is 3.15. The standard InChI is InChI=1S/C27H45N3/c1-17(2)28-25(29-18(3)4)30(26-11-19-5-20(12-26)7-21(6-19)13-26)27-14-22-8-23(15-27)10-24(9-22)16-27/h17-24H,5-16H2,1-4H3,(H,28,29). The van der Waals surface area contributed by atoms with Gasteiger partial charge in [-0.2, -0.15) is 0 Å². The molecule has 1 N–H and O–H groups in total. The smallest absolute Gasteiger partial charge is 0.195 e. The van der Waals surface area contributed by atoms with Crippen LogP contribution in [0.3, 0.4) is 0 Å². The maximum atomic E-state index is 5.36. The molecule has 0 heterocycles. The Balaban J connectivity index is 1.46. The third-order valence-electron chi connectivity index (χ3n) is 9.97. The minimum absolute atomic E-state index is 0.358. The Kier molecular flexibility index (Phi) is 4.57. The van der Waals surface area contributed by atoms with Crippen molar-refractivity contribution in [2.24, 2.45) is 40.5 Å². The van der Waals surface area contributed by atoms with Gasteiger partial charge in [0.1, 0.15) is 0 Å². The first kappa shape index (κ1) is 19.9. The molecule has 8 rings (SSSR count). The van der Waals surface area contributed by atoms with Gasteiger partial charge in [-0.15, -0.1) is 0 Å². The van der Waals surface area contributed by atoms with E-state index >= 15 is 0 Å². The summed E-state index contributed by atoms with van der Waals surface area (Å²) in [5.74, 6) is 7.25. The summed E-state index contributed by atoms with van der Waals surface area (Å²) in [6.07, 6.45) is 17.9. The largest absolute Gasteiger partial charge is 0.354 e. The van der Waals surface area contributed by atoms with E-state index in [2.05, 4.69) is 37.9 Å². The average molecular weight is 412 g/mol. The number of guanidine groups is 1. The molecule has 0 atom stereocenters. The fourth-order valence-corrected chi connectivity index (χ4v) is 10.3. The summed E-state index contributed by atoms with van der Waals surface area (Å²) >= 11 is 0. The van der Waals surface area contributed by atoms with E-state index in [9.17, 15) is 0 Å². The van der Waals surface area contributed by atoms with Crippen LogP contribution in [0, 0.1) is 35.5 Å². The molecular formula is C27H45N3. The topological polar surface area (TPSA) is 27.6 Å². The molecule has 0 unspecified atom stereocenters. The fourth-order valence-electron chi connectivity index (χ4n) is 10.3. The van der Waals surface area contributed by atoms with Crippen molar-refractivity contribution in [2.45, 2.75) is 128 Å². The molecule has 0 aliphatic heterocycles. The molecule has 0 aromatic rings. The molecule has 0 aromatic heterocycles. The van der Waals surface area contributed by atoms with E-state index in [0.29, 0.717) is 23.2 Å². The number of nitrogens with zero attached hydrogens (tertiary/aromatic N) is 2. The maximum absolute atomic E-state index is 5.36. The monoisotopic (exact) mass is 411 g/mol. The molecule has 3 nitrogen and oxygen atoms in total. The van der Waals surface area contributed by atoms with E-state index in [1.807, 2.05) is 0 Å². The van der Waals surface area contributed by atoms with E-state index in [1.165, 1.54) is 83.0 Å². The molecule has 0 amide bonds. The number of aliphatic imine (C=N–C) groups is 1. The van der Waals surface area contributed by atoms with Crippen LogP contribution in [-0.4, -0.2) is 34.0 Å². The molecule has 0 radical (unpaired) electrons. The molecule has 3 heteroatoms. The Morgan fingerprint density at radius 3 is 1.27 bits per heavy atom. The second-order valence-corrected chi connectivity index (χ2v) is 13.5. The summed E-state index contributed by atoms with van der Waals surface area (Å²) in [5.41, 5.74) is 0.798. The van der Waals surface area contributed by atoms with Gasteiger partial charge in [0, 0.05) is 23.2 Å². The van der Waals surface area contributed by atoms with Crippen LogP contribution >= 0.6 is 0 Å². The molecule has 0 saturated heterocycles. The molecule has 30 heavy (non-hydrogen) atoms. The molecule has 8 aliphatic rings. The molecule has 8 saturated carbocycles. The molecule has 168 valence electrons. The van der Waals surface area contributed by atoms with Crippen LogP contribution in [0.15, 0.2) is 4.99 Å². The van der Waals surface area contributed by atoms with Gasteiger partial charge in [0.05, 0.1) is 0 Å². The van der Waals surface area contributed by atoms with Crippen molar-refractivity contribution >= 4 is 5.96 Å². The molecule has 0 aromatic carbocycles. The van der Waals surface area contributed by atoms with Gasteiger partial charge in [-0.25, -0.2) is 0 Å². The van der Waals surface area contributed by atoms with Crippen LogP contribution in [0.5, 0.6) is 0 Å².